The Morgan fingerprint density at radius 1 is 1.10 bits per heavy atom. The zero-order valence-corrected chi connectivity index (χ0v) is 17.3. The average Bonchev–Trinajstić information content (AvgIpc) is 3.38. The van der Waals surface area contributed by atoms with E-state index in [-0.39, 0.29) is 18.5 Å². The molecule has 30 heavy (non-hydrogen) atoms. The average molecular weight is 405 g/mol. The largest absolute Gasteiger partial charge is 0.481 e. The number of aromatic nitrogens is 2. The van der Waals surface area contributed by atoms with Crippen LogP contribution in [0, 0.1) is 5.92 Å². The molecule has 0 aliphatic carbocycles. The molecule has 0 saturated carbocycles. The molecule has 1 aromatic heterocycles. The number of hydrogen-bond acceptors (Lipinski definition) is 5. The van der Waals surface area contributed by atoms with Gasteiger partial charge in [-0.1, -0.05) is 55.4 Å². The van der Waals surface area contributed by atoms with Crippen LogP contribution in [0.15, 0.2) is 53.1 Å². The van der Waals surface area contributed by atoms with Gasteiger partial charge in [0.2, 0.25) is 5.82 Å². The lowest BCUT2D eigenvalue weighted by Crippen LogP contribution is -2.26. The Balaban J connectivity index is 1.43. The van der Waals surface area contributed by atoms with E-state index in [1.165, 1.54) is 5.56 Å². The van der Waals surface area contributed by atoms with E-state index < -0.39 is 5.97 Å². The maximum Gasteiger partial charge on any atom is 0.304 e. The molecule has 0 unspecified atom stereocenters. The third-order valence-electron chi connectivity index (χ3n) is 5.50. The van der Waals surface area contributed by atoms with Gasteiger partial charge in [-0.3, -0.25) is 4.79 Å². The molecule has 156 valence electrons. The minimum Gasteiger partial charge on any atom is -0.481 e. The van der Waals surface area contributed by atoms with Crippen molar-refractivity contribution in [3.63, 3.8) is 0 Å². The van der Waals surface area contributed by atoms with Crippen LogP contribution >= 0.6 is 0 Å². The van der Waals surface area contributed by atoms with Gasteiger partial charge < -0.3 is 14.9 Å². The van der Waals surface area contributed by atoms with Crippen LogP contribution in [0.4, 0.5) is 0 Å². The molecule has 2 heterocycles. The zero-order valence-electron chi connectivity index (χ0n) is 17.3. The van der Waals surface area contributed by atoms with Crippen LogP contribution in [0.1, 0.15) is 50.3 Å². The number of nitrogens with one attached hydrogen (secondary N) is 1. The molecule has 1 aliphatic rings. The van der Waals surface area contributed by atoms with Crippen molar-refractivity contribution in [3.05, 3.63) is 59.7 Å². The highest BCUT2D eigenvalue weighted by atomic mass is 16.5. The highest BCUT2D eigenvalue weighted by Gasteiger charge is 2.26. The summed E-state index contributed by atoms with van der Waals surface area (Å²) in [6.45, 7) is 4.42. The molecular weight excluding hydrogens is 378 g/mol. The number of carboxylic acid groups (broad SMARTS) is 1. The summed E-state index contributed by atoms with van der Waals surface area (Å²) in [6, 6.07) is 16.6. The molecule has 0 radical (unpaired) electrons. The Labute approximate surface area is 176 Å². The first kappa shape index (κ1) is 20.3. The van der Waals surface area contributed by atoms with E-state index in [0.717, 1.165) is 36.0 Å². The molecule has 2 aromatic carbocycles. The fraction of sp³-hybridized carbons (Fsp3) is 0.375. The molecule has 2 atom stereocenters. The summed E-state index contributed by atoms with van der Waals surface area (Å²) in [5.41, 5.74) is 4.26. The molecule has 2 N–H and O–H groups in total. The number of nitrogens with zero attached hydrogens (tertiary/aromatic N) is 2. The second-order valence-electron chi connectivity index (χ2n) is 8.43. The van der Waals surface area contributed by atoms with Crippen LogP contribution in [0.3, 0.4) is 0 Å². The lowest BCUT2D eigenvalue weighted by atomic mass is 10.0. The van der Waals surface area contributed by atoms with Crippen LogP contribution in [-0.2, 0) is 11.2 Å². The van der Waals surface area contributed by atoms with E-state index in [0.29, 0.717) is 17.6 Å². The van der Waals surface area contributed by atoms with E-state index in [1.807, 2.05) is 36.4 Å². The van der Waals surface area contributed by atoms with Gasteiger partial charge in [0.15, 0.2) is 0 Å². The summed E-state index contributed by atoms with van der Waals surface area (Å²) in [7, 11) is 0. The number of aliphatic carboxylic acids is 1. The van der Waals surface area contributed by atoms with Gasteiger partial charge >= 0.3 is 5.97 Å². The lowest BCUT2D eigenvalue weighted by Gasteiger charge is -2.13. The Kier molecular flexibility index (Phi) is 5.95. The molecule has 6 nitrogen and oxygen atoms in total. The van der Waals surface area contributed by atoms with E-state index in [1.54, 1.807) is 0 Å². The number of hydrogen-bond donors (Lipinski definition) is 2. The van der Waals surface area contributed by atoms with Crippen molar-refractivity contribution in [3.8, 4) is 22.8 Å². The van der Waals surface area contributed by atoms with E-state index in [4.69, 9.17) is 9.63 Å². The number of carboxylic acids is 1. The van der Waals surface area contributed by atoms with E-state index in [9.17, 15) is 4.79 Å². The molecule has 3 aromatic rings. The van der Waals surface area contributed by atoms with Crippen LogP contribution in [-0.4, -0.2) is 27.3 Å². The van der Waals surface area contributed by atoms with Crippen LogP contribution in [0.5, 0.6) is 0 Å². The standard InChI is InChI=1S/C24H27N3O3/c1-15(2)13-16-3-5-19(6-4-16)24-26-23(27-30-24)18-9-7-17(8-10-18)21-12-11-20(25-21)14-22(28)29/h3-10,15,20-21,25H,11-14H2,1-2H3,(H,28,29)/t20-,21+/m0/s1. The summed E-state index contributed by atoms with van der Waals surface area (Å²) in [5.74, 6) is 0.937. The van der Waals surface area contributed by atoms with E-state index >= 15 is 0 Å². The maximum atomic E-state index is 10.9. The van der Waals surface area contributed by atoms with Crippen molar-refractivity contribution in [2.75, 3.05) is 0 Å². The molecule has 6 heteroatoms. The summed E-state index contributed by atoms with van der Waals surface area (Å²) >= 11 is 0. The van der Waals surface area contributed by atoms with Crippen molar-refractivity contribution >= 4 is 5.97 Å². The Morgan fingerprint density at radius 2 is 1.80 bits per heavy atom. The van der Waals surface area contributed by atoms with E-state index in [2.05, 4.69) is 41.4 Å². The van der Waals surface area contributed by atoms with Crippen LogP contribution in [0.2, 0.25) is 0 Å². The maximum absolute atomic E-state index is 10.9. The first-order chi connectivity index (χ1) is 14.5. The summed E-state index contributed by atoms with van der Waals surface area (Å²) in [5, 5.41) is 16.5. The minimum atomic E-state index is -0.758. The third-order valence-corrected chi connectivity index (χ3v) is 5.50. The van der Waals surface area contributed by atoms with Gasteiger partial charge in [-0.15, -0.1) is 0 Å². The number of benzene rings is 2. The van der Waals surface area contributed by atoms with Crippen molar-refractivity contribution in [2.45, 2.75) is 51.6 Å². The quantitative estimate of drug-likeness (QED) is 0.583. The van der Waals surface area contributed by atoms with Crippen molar-refractivity contribution in [2.24, 2.45) is 5.92 Å². The van der Waals surface area contributed by atoms with Gasteiger partial charge in [0, 0.05) is 23.2 Å². The Bertz CT molecular complexity index is 993. The van der Waals surface area contributed by atoms with Gasteiger partial charge in [-0.2, -0.15) is 4.98 Å². The summed E-state index contributed by atoms with van der Waals surface area (Å²) < 4.78 is 5.48. The second kappa shape index (κ2) is 8.79. The van der Waals surface area contributed by atoms with Gasteiger partial charge in [-0.25, -0.2) is 0 Å². The molecule has 0 amide bonds. The first-order valence-corrected chi connectivity index (χ1v) is 10.5. The highest BCUT2D eigenvalue weighted by molar-refractivity contribution is 5.67. The first-order valence-electron chi connectivity index (χ1n) is 10.5. The topological polar surface area (TPSA) is 88.2 Å². The van der Waals surface area contributed by atoms with Gasteiger partial charge in [0.05, 0.1) is 6.42 Å². The molecule has 4 rings (SSSR count). The molecule has 0 bridgehead atoms. The molecule has 1 aliphatic heterocycles. The number of carbonyl (C=O) groups is 1. The van der Waals surface area contributed by atoms with Gasteiger partial charge in [0.25, 0.3) is 5.89 Å². The lowest BCUT2D eigenvalue weighted by molar-refractivity contribution is -0.137. The summed E-state index contributed by atoms with van der Waals surface area (Å²) in [4.78, 5) is 15.5. The molecule has 0 spiro atoms. The third kappa shape index (κ3) is 4.76. The highest BCUT2D eigenvalue weighted by Crippen LogP contribution is 2.29. The fourth-order valence-electron chi connectivity index (χ4n) is 4.03. The van der Waals surface area contributed by atoms with Crippen molar-refractivity contribution < 1.29 is 14.4 Å². The number of rotatable bonds is 7. The normalized spacial score (nSPS) is 18.8. The smallest absolute Gasteiger partial charge is 0.304 e. The predicted octanol–water partition coefficient (Wildman–Crippen LogP) is 4.87. The van der Waals surface area contributed by atoms with Gasteiger partial charge in [-0.05, 0) is 48.4 Å². The molecule has 1 saturated heterocycles. The molecule has 1 fully saturated rings. The fourth-order valence-corrected chi connectivity index (χ4v) is 4.03. The molecular formula is C24H27N3O3. The van der Waals surface area contributed by atoms with Crippen LogP contribution in [0.25, 0.3) is 22.8 Å². The SMILES string of the molecule is CC(C)Cc1ccc(-c2nc(-c3ccc([C@H]4CC[C@@H](CC(=O)O)N4)cc3)no2)cc1. The summed E-state index contributed by atoms with van der Waals surface area (Å²) in [6.07, 6.45) is 3.03. The predicted molar refractivity (Wildman–Crippen MR) is 115 cm³/mol. The minimum absolute atomic E-state index is 0.0406. The second-order valence-corrected chi connectivity index (χ2v) is 8.43. The van der Waals surface area contributed by atoms with Crippen molar-refractivity contribution in [1.29, 1.82) is 0 Å². The van der Waals surface area contributed by atoms with Crippen molar-refractivity contribution in [1.82, 2.24) is 15.5 Å². The Morgan fingerprint density at radius 3 is 2.47 bits per heavy atom. The van der Waals surface area contributed by atoms with Crippen LogP contribution < -0.4 is 5.32 Å². The monoisotopic (exact) mass is 405 g/mol. The Hall–Kier alpha value is -2.99. The van der Waals surface area contributed by atoms with Gasteiger partial charge in [0.1, 0.15) is 0 Å². The zero-order chi connectivity index (χ0) is 21.1.